The van der Waals surface area contributed by atoms with Gasteiger partial charge in [0.1, 0.15) is 0 Å². The lowest BCUT2D eigenvalue weighted by Crippen LogP contribution is -2.23. The van der Waals surface area contributed by atoms with Gasteiger partial charge in [0, 0.05) is 24.7 Å². The SMILES string of the molecule is CN(Cc1ccc(C(=O)Nc2nc(-c3ccccc3)ccc2N)cc1)C(=O)O. The molecule has 2 aromatic carbocycles. The van der Waals surface area contributed by atoms with Crippen LogP contribution in [-0.4, -0.2) is 34.0 Å². The van der Waals surface area contributed by atoms with Gasteiger partial charge in [0.25, 0.3) is 5.91 Å². The third-order valence-electron chi connectivity index (χ3n) is 4.19. The molecule has 7 heteroatoms. The highest BCUT2D eigenvalue weighted by molar-refractivity contribution is 6.05. The molecule has 1 heterocycles. The van der Waals surface area contributed by atoms with Crippen molar-refractivity contribution in [1.29, 1.82) is 0 Å². The first kappa shape index (κ1) is 18.9. The standard InChI is InChI=1S/C21H20N4O3/c1-25(21(27)28)13-14-7-9-16(10-8-14)20(26)24-19-17(22)11-12-18(23-19)15-5-3-2-4-6-15/h2-12H,13,22H2,1H3,(H,27,28)(H,23,24,26). The molecule has 0 aliphatic heterocycles. The number of carbonyl (C=O) groups is 2. The number of nitrogens with two attached hydrogens (primary N) is 1. The second-order valence-corrected chi connectivity index (χ2v) is 6.29. The minimum absolute atomic E-state index is 0.241. The first-order valence-corrected chi connectivity index (χ1v) is 8.60. The lowest BCUT2D eigenvalue weighted by Gasteiger charge is -2.13. The van der Waals surface area contributed by atoms with E-state index < -0.39 is 6.09 Å². The van der Waals surface area contributed by atoms with Gasteiger partial charge < -0.3 is 21.1 Å². The Kier molecular flexibility index (Phi) is 5.55. The Hall–Kier alpha value is -3.87. The molecule has 0 saturated carbocycles. The predicted octanol–water partition coefficient (Wildman–Crippen LogP) is 3.69. The molecule has 7 nitrogen and oxygen atoms in total. The Balaban J connectivity index is 1.75. The number of carbonyl (C=O) groups excluding carboxylic acids is 1. The van der Waals surface area contributed by atoms with Gasteiger partial charge in [-0.15, -0.1) is 0 Å². The molecule has 0 bridgehead atoms. The van der Waals surface area contributed by atoms with E-state index in [1.165, 1.54) is 7.05 Å². The Bertz CT molecular complexity index is 988. The number of rotatable bonds is 5. The number of hydrogen-bond donors (Lipinski definition) is 3. The topological polar surface area (TPSA) is 109 Å². The minimum atomic E-state index is -1.01. The number of benzene rings is 2. The van der Waals surface area contributed by atoms with E-state index in [0.717, 1.165) is 16.0 Å². The van der Waals surface area contributed by atoms with Gasteiger partial charge in [-0.1, -0.05) is 42.5 Å². The van der Waals surface area contributed by atoms with Crippen LogP contribution in [0.1, 0.15) is 15.9 Å². The van der Waals surface area contributed by atoms with Crippen molar-refractivity contribution in [3.63, 3.8) is 0 Å². The van der Waals surface area contributed by atoms with Crippen LogP contribution in [0.3, 0.4) is 0 Å². The Morgan fingerprint density at radius 2 is 1.71 bits per heavy atom. The van der Waals surface area contributed by atoms with E-state index in [1.807, 2.05) is 30.3 Å². The zero-order chi connectivity index (χ0) is 20.1. The molecule has 3 aromatic rings. The molecule has 142 valence electrons. The van der Waals surface area contributed by atoms with Crippen molar-refractivity contribution in [2.45, 2.75) is 6.54 Å². The van der Waals surface area contributed by atoms with E-state index in [-0.39, 0.29) is 12.5 Å². The van der Waals surface area contributed by atoms with Crippen LogP contribution < -0.4 is 11.1 Å². The summed E-state index contributed by atoms with van der Waals surface area (Å²) in [7, 11) is 1.48. The summed E-state index contributed by atoms with van der Waals surface area (Å²) < 4.78 is 0. The first-order chi connectivity index (χ1) is 13.4. The highest BCUT2D eigenvalue weighted by Gasteiger charge is 2.12. The van der Waals surface area contributed by atoms with Crippen molar-refractivity contribution in [3.8, 4) is 11.3 Å². The average molecular weight is 376 g/mol. The van der Waals surface area contributed by atoms with Gasteiger partial charge in [-0.05, 0) is 29.8 Å². The summed E-state index contributed by atoms with van der Waals surface area (Å²) in [5, 5.41) is 11.7. The molecular formula is C21H20N4O3. The summed E-state index contributed by atoms with van der Waals surface area (Å²) >= 11 is 0. The lowest BCUT2D eigenvalue weighted by atomic mass is 10.1. The Morgan fingerprint density at radius 3 is 2.36 bits per heavy atom. The van der Waals surface area contributed by atoms with Crippen molar-refractivity contribution in [3.05, 3.63) is 77.9 Å². The molecule has 1 aromatic heterocycles. The third-order valence-corrected chi connectivity index (χ3v) is 4.19. The summed E-state index contributed by atoms with van der Waals surface area (Å²) in [6.45, 7) is 0.241. The van der Waals surface area contributed by atoms with E-state index in [9.17, 15) is 9.59 Å². The fourth-order valence-electron chi connectivity index (χ4n) is 2.62. The molecule has 0 fully saturated rings. The van der Waals surface area contributed by atoms with E-state index >= 15 is 0 Å². The summed E-state index contributed by atoms with van der Waals surface area (Å²) in [6, 6.07) is 19.8. The molecule has 0 saturated heterocycles. The minimum Gasteiger partial charge on any atom is -0.465 e. The van der Waals surface area contributed by atoms with Crippen LogP contribution in [0, 0.1) is 0 Å². The van der Waals surface area contributed by atoms with E-state index in [1.54, 1.807) is 36.4 Å². The van der Waals surface area contributed by atoms with Gasteiger partial charge in [0.05, 0.1) is 11.4 Å². The van der Waals surface area contributed by atoms with Crippen LogP contribution in [-0.2, 0) is 6.54 Å². The zero-order valence-corrected chi connectivity index (χ0v) is 15.3. The van der Waals surface area contributed by atoms with Crippen LogP contribution >= 0.6 is 0 Å². The number of anilines is 2. The molecule has 0 aliphatic carbocycles. The number of nitrogens with zero attached hydrogens (tertiary/aromatic N) is 2. The molecule has 0 spiro atoms. The Morgan fingerprint density at radius 1 is 1.04 bits per heavy atom. The second-order valence-electron chi connectivity index (χ2n) is 6.29. The normalized spacial score (nSPS) is 10.3. The summed E-state index contributed by atoms with van der Waals surface area (Å²) in [5.41, 5.74) is 9.16. The van der Waals surface area contributed by atoms with Crippen LogP contribution in [0.2, 0.25) is 0 Å². The molecular weight excluding hydrogens is 356 g/mol. The van der Waals surface area contributed by atoms with Crippen molar-refractivity contribution in [2.75, 3.05) is 18.1 Å². The number of pyridine rings is 1. The van der Waals surface area contributed by atoms with Crippen LogP contribution in [0.5, 0.6) is 0 Å². The van der Waals surface area contributed by atoms with Gasteiger partial charge in [-0.2, -0.15) is 0 Å². The quantitative estimate of drug-likeness (QED) is 0.629. The number of carboxylic acid groups (broad SMARTS) is 1. The smallest absolute Gasteiger partial charge is 0.407 e. The van der Waals surface area contributed by atoms with E-state index in [4.69, 9.17) is 10.8 Å². The molecule has 0 unspecified atom stereocenters. The lowest BCUT2D eigenvalue weighted by molar-refractivity contribution is 0.102. The van der Waals surface area contributed by atoms with Crippen molar-refractivity contribution < 1.29 is 14.7 Å². The third kappa shape index (κ3) is 4.45. The highest BCUT2D eigenvalue weighted by Crippen LogP contribution is 2.23. The first-order valence-electron chi connectivity index (χ1n) is 8.60. The van der Waals surface area contributed by atoms with Crippen LogP contribution in [0.25, 0.3) is 11.3 Å². The molecule has 0 aliphatic rings. The molecule has 0 radical (unpaired) electrons. The maximum absolute atomic E-state index is 12.5. The van der Waals surface area contributed by atoms with Gasteiger partial charge in [-0.25, -0.2) is 9.78 Å². The average Bonchev–Trinajstić information content (AvgIpc) is 2.70. The predicted molar refractivity (Wildman–Crippen MR) is 108 cm³/mol. The fourth-order valence-corrected chi connectivity index (χ4v) is 2.62. The molecule has 28 heavy (non-hydrogen) atoms. The maximum atomic E-state index is 12.5. The largest absolute Gasteiger partial charge is 0.465 e. The van der Waals surface area contributed by atoms with E-state index in [0.29, 0.717) is 22.8 Å². The zero-order valence-electron chi connectivity index (χ0n) is 15.3. The molecule has 0 atom stereocenters. The van der Waals surface area contributed by atoms with E-state index in [2.05, 4.69) is 10.3 Å². The summed E-state index contributed by atoms with van der Waals surface area (Å²) in [6.07, 6.45) is -1.01. The van der Waals surface area contributed by atoms with Gasteiger partial charge in [-0.3, -0.25) is 4.79 Å². The van der Waals surface area contributed by atoms with Gasteiger partial charge in [0.2, 0.25) is 0 Å². The monoisotopic (exact) mass is 376 g/mol. The number of hydrogen-bond acceptors (Lipinski definition) is 4. The summed E-state index contributed by atoms with van der Waals surface area (Å²) in [5.74, 6) is -0.0522. The van der Waals surface area contributed by atoms with Crippen molar-refractivity contribution in [2.24, 2.45) is 0 Å². The van der Waals surface area contributed by atoms with Crippen molar-refractivity contribution in [1.82, 2.24) is 9.88 Å². The number of amides is 2. The van der Waals surface area contributed by atoms with Gasteiger partial charge >= 0.3 is 6.09 Å². The van der Waals surface area contributed by atoms with Crippen molar-refractivity contribution >= 4 is 23.5 Å². The van der Waals surface area contributed by atoms with Crippen LogP contribution in [0.4, 0.5) is 16.3 Å². The molecule has 2 amide bonds. The molecule has 3 rings (SSSR count). The fraction of sp³-hybridized carbons (Fsp3) is 0.0952. The van der Waals surface area contributed by atoms with Crippen LogP contribution in [0.15, 0.2) is 66.7 Å². The second kappa shape index (κ2) is 8.22. The van der Waals surface area contributed by atoms with Gasteiger partial charge in [0.15, 0.2) is 5.82 Å². The Labute approximate surface area is 162 Å². The summed E-state index contributed by atoms with van der Waals surface area (Å²) in [4.78, 5) is 29.0. The number of nitrogens with one attached hydrogen (secondary N) is 1. The highest BCUT2D eigenvalue weighted by atomic mass is 16.4. The number of aromatic nitrogens is 1. The molecule has 4 N–H and O–H groups in total. The number of nitrogen functional groups attached to an aromatic ring is 1. The maximum Gasteiger partial charge on any atom is 0.407 e.